The van der Waals surface area contributed by atoms with Crippen LogP contribution >= 0.6 is 0 Å². The summed E-state index contributed by atoms with van der Waals surface area (Å²) in [5.74, 6) is 0.601. The lowest BCUT2D eigenvalue weighted by Crippen LogP contribution is -2.51. The fourth-order valence-corrected chi connectivity index (χ4v) is 7.05. The molecule has 5 heteroatoms. The molecule has 4 aliphatic carbocycles. The number of ketones is 2. The molecule has 0 aromatic heterocycles. The van der Waals surface area contributed by atoms with Crippen LogP contribution in [0.1, 0.15) is 59.3 Å². The largest absolute Gasteiger partial charge is 0.458 e. The summed E-state index contributed by atoms with van der Waals surface area (Å²) in [6.45, 7) is 5.64. The van der Waals surface area contributed by atoms with Crippen LogP contribution in [0.3, 0.4) is 0 Å². The van der Waals surface area contributed by atoms with Gasteiger partial charge in [0, 0.05) is 24.2 Å². The first-order valence-electron chi connectivity index (χ1n) is 10.5. The van der Waals surface area contributed by atoms with E-state index in [9.17, 15) is 14.4 Å². The summed E-state index contributed by atoms with van der Waals surface area (Å²) in [6, 6.07) is 0. The molecule has 0 N–H and O–H groups in total. The van der Waals surface area contributed by atoms with E-state index in [4.69, 9.17) is 9.47 Å². The van der Waals surface area contributed by atoms with E-state index in [0.29, 0.717) is 18.3 Å². The van der Waals surface area contributed by atoms with Gasteiger partial charge in [0.05, 0.1) is 6.10 Å². The van der Waals surface area contributed by atoms with Gasteiger partial charge < -0.3 is 9.47 Å². The van der Waals surface area contributed by atoms with E-state index < -0.39 is 11.6 Å². The third-order valence-corrected chi connectivity index (χ3v) is 8.59. The monoisotopic (exact) mass is 384 g/mol. The first kappa shape index (κ1) is 18.3. The van der Waals surface area contributed by atoms with E-state index in [1.165, 1.54) is 18.1 Å². The van der Waals surface area contributed by atoms with Gasteiger partial charge in [0.2, 0.25) is 5.78 Å². The molecule has 0 radical (unpaired) electrons. The van der Waals surface area contributed by atoms with E-state index in [1.54, 1.807) is 0 Å². The van der Waals surface area contributed by atoms with E-state index in [2.05, 4.69) is 19.9 Å². The molecule has 1 unspecified atom stereocenters. The summed E-state index contributed by atoms with van der Waals surface area (Å²) >= 11 is 0. The Bertz CT molecular complexity index is 853. The summed E-state index contributed by atoms with van der Waals surface area (Å²) in [5, 5.41) is 0. The van der Waals surface area contributed by atoms with Crippen LogP contribution in [0.25, 0.3) is 0 Å². The maximum absolute atomic E-state index is 13.0. The zero-order valence-electron chi connectivity index (χ0n) is 16.9. The second kappa shape index (κ2) is 5.65. The molecular weight excluding hydrogens is 356 g/mol. The normalized spacial score (nSPS) is 45.7. The standard InChI is InChI=1S/C23H28O5/c1-13(24)27-12-19(26)23-20(28-23)11-18-16-5-4-14-10-15(25)6-8-21(14,2)17(16)7-9-22(18,23)3/h7,10,16,18,20H,4-6,8-9,11-12H2,1-3H3/t16-,18+,20?,21+,22+,23-/m1/s1. The SMILES string of the molecule is CC(=O)OCC(=O)[C@@]12OC1C[C@H]1[C@@H]3CCC4=CC(=O)CC[C@]4(C)C3=CC[C@@]12C. The third kappa shape index (κ3) is 2.14. The van der Waals surface area contributed by atoms with Gasteiger partial charge in [-0.1, -0.05) is 31.1 Å². The minimum atomic E-state index is -0.783. The second-order valence-electron chi connectivity index (χ2n) is 9.78. The first-order valence-corrected chi connectivity index (χ1v) is 10.5. The van der Waals surface area contributed by atoms with Crippen LogP contribution < -0.4 is 0 Å². The van der Waals surface area contributed by atoms with Crippen LogP contribution in [0.2, 0.25) is 0 Å². The summed E-state index contributed by atoms with van der Waals surface area (Å²) in [6.07, 6.45) is 9.46. The van der Waals surface area contributed by atoms with Crippen LogP contribution in [-0.4, -0.2) is 35.8 Å². The van der Waals surface area contributed by atoms with Crippen molar-refractivity contribution in [1.29, 1.82) is 0 Å². The van der Waals surface area contributed by atoms with Gasteiger partial charge in [-0.15, -0.1) is 0 Å². The van der Waals surface area contributed by atoms with Crippen molar-refractivity contribution in [2.24, 2.45) is 22.7 Å². The molecule has 5 nitrogen and oxygen atoms in total. The number of fused-ring (bicyclic) bond motifs is 7. The highest BCUT2D eigenvalue weighted by Crippen LogP contribution is 2.72. The zero-order valence-corrected chi connectivity index (χ0v) is 16.9. The molecule has 0 bridgehead atoms. The highest BCUT2D eigenvalue weighted by atomic mass is 16.6. The van der Waals surface area contributed by atoms with Crippen LogP contribution in [0.5, 0.6) is 0 Å². The Morgan fingerprint density at radius 1 is 1.29 bits per heavy atom. The molecule has 28 heavy (non-hydrogen) atoms. The molecule has 1 heterocycles. The molecule has 1 saturated heterocycles. The number of allylic oxidation sites excluding steroid dienone is 4. The van der Waals surface area contributed by atoms with Crippen molar-refractivity contribution in [3.63, 3.8) is 0 Å². The molecule has 5 rings (SSSR count). The van der Waals surface area contributed by atoms with Crippen LogP contribution in [0.4, 0.5) is 0 Å². The lowest BCUT2D eigenvalue weighted by atomic mass is 9.50. The smallest absolute Gasteiger partial charge is 0.303 e. The van der Waals surface area contributed by atoms with Gasteiger partial charge >= 0.3 is 5.97 Å². The van der Waals surface area contributed by atoms with Crippen molar-refractivity contribution >= 4 is 17.5 Å². The van der Waals surface area contributed by atoms with Gasteiger partial charge in [0.1, 0.15) is 0 Å². The molecule has 1 aliphatic heterocycles. The maximum Gasteiger partial charge on any atom is 0.303 e. The van der Waals surface area contributed by atoms with Crippen molar-refractivity contribution in [1.82, 2.24) is 0 Å². The average Bonchev–Trinajstić information content (AvgIpc) is 3.32. The number of carbonyl (C=O) groups is 3. The summed E-state index contributed by atoms with van der Waals surface area (Å²) in [7, 11) is 0. The molecule has 0 aromatic carbocycles. The molecule has 6 atom stereocenters. The molecule has 150 valence electrons. The summed E-state index contributed by atoms with van der Waals surface area (Å²) in [5.41, 5.74) is 1.76. The fraction of sp³-hybridized carbons (Fsp3) is 0.696. The summed E-state index contributed by atoms with van der Waals surface area (Å²) < 4.78 is 11.0. The Morgan fingerprint density at radius 3 is 2.82 bits per heavy atom. The Morgan fingerprint density at radius 2 is 2.07 bits per heavy atom. The topological polar surface area (TPSA) is 73.0 Å². The predicted molar refractivity (Wildman–Crippen MR) is 101 cm³/mol. The lowest BCUT2D eigenvalue weighted by molar-refractivity contribution is -0.150. The average molecular weight is 384 g/mol. The molecule has 3 fully saturated rings. The number of Topliss-reactive ketones (excluding diaryl/α,β-unsaturated/α-hetero) is 1. The molecule has 0 aromatic rings. The van der Waals surface area contributed by atoms with Gasteiger partial charge in [0.15, 0.2) is 18.0 Å². The number of ether oxygens (including phenoxy) is 2. The Hall–Kier alpha value is -1.75. The molecule has 5 aliphatic rings. The van der Waals surface area contributed by atoms with Crippen LogP contribution in [0, 0.1) is 22.7 Å². The van der Waals surface area contributed by atoms with Crippen LogP contribution in [-0.2, 0) is 23.9 Å². The Labute approximate surface area is 165 Å². The van der Waals surface area contributed by atoms with E-state index >= 15 is 0 Å². The Kier molecular flexibility index (Phi) is 3.69. The van der Waals surface area contributed by atoms with E-state index in [1.807, 2.05) is 6.08 Å². The highest BCUT2D eigenvalue weighted by molar-refractivity contribution is 5.94. The van der Waals surface area contributed by atoms with Crippen LogP contribution in [0.15, 0.2) is 23.3 Å². The maximum atomic E-state index is 13.0. The van der Waals surface area contributed by atoms with Gasteiger partial charge in [-0.05, 0) is 50.0 Å². The minimum absolute atomic E-state index is 0.000702. The first-order chi connectivity index (χ1) is 13.2. The van der Waals surface area contributed by atoms with Crippen molar-refractivity contribution < 1.29 is 23.9 Å². The number of hydrogen-bond acceptors (Lipinski definition) is 5. The molecule has 0 amide bonds. The number of esters is 1. The van der Waals surface area contributed by atoms with Gasteiger partial charge in [-0.3, -0.25) is 14.4 Å². The zero-order chi connectivity index (χ0) is 19.9. The third-order valence-electron chi connectivity index (χ3n) is 8.59. The summed E-state index contributed by atoms with van der Waals surface area (Å²) in [4.78, 5) is 36.1. The fourth-order valence-electron chi connectivity index (χ4n) is 7.05. The van der Waals surface area contributed by atoms with Gasteiger partial charge in [-0.2, -0.15) is 0 Å². The molecule has 0 spiro atoms. The highest BCUT2D eigenvalue weighted by Gasteiger charge is 2.79. The second-order valence-corrected chi connectivity index (χ2v) is 9.78. The minimum Gasteiger partial charge on any atom is -0.458 e. The molecular formula is C23H28O5. The number of carbonyl (C=O) groups excluding carboxylic acids is 3. The lowest BCUT2D eigenvalue weighted by Gasteiger charge is -2.53. The van der Waals surface area contributed by atoms with Gasteiger partial charge in [0.25, 0.3) is 0 Å². The number of hydrogen-bond donors (Lipinski definition) is 0. The van der Waals surface area contributed by atoms with E-state index in [-0.39, 0.29) is 35.1 Å². The molecule has 2 saturated carbocycles. The van der Waals surface area contributed by atoms with Crippen molar-refractivity contribution in [2.45, 2.75) is 71.0 Å². The quantitative estimate of drug-likeness (QED) is 0.424. The van der Waals surface area contributed by atoms with Crippen molar-refractivity contribution in [3.8, 4) is 0 Å². The van der Waals surface area contributed by atoms with E-state index in [0.717, 1.165) is 32.1 Å². The predicted octanol–water partition coefficient (Wildman–Crippen LogP) is 3.32. The van der Waals surface area contributed by atoms with Crippen molar-refractivity contribution in [3.05, 3.63) is 23.3 Å². The van der Waals surface area contributed by atoms with Gasteiger partial charge in [-0.25, -0.2) is 0 Å². The Balaban J connectivity index is 1.48. The van der Waals surface area contributed by atoms with Crippen molar-refractivity contribution in [2.75, 3.05) is 6.61 Å². The number of epoxide rings is 1. The number of rotatable bonds is 3.